The molecule has 1 aromatic carbocycles. The zero-order chi connectivity index (χ0) is 15.4. The third kappa shape index (κ3) is 2.60. The summed E-state index contributed by atoms with van der Waals surface area (Å²) in [5.74, 6) is -1.35. The molecule has 0 saturated heterocycles. The zero-order valence-corrected chi connectivity index (χ0v) is 11.8. The lowest BCUT2D eigenvalue weighted by atomic mass is 10.1. The van der Waals surface area contributed by atoms with Crippen LogP contribution in [-0.4, -0.2) is 33.3 Å². The number of carbonyl (C=O) groups excluding carboxylic acids is 2. The number of carbonyl (C=O) groups is 2. The Bertz CT molecular complexity index is 656. The summed E-state index contributed by atoms with van der Waals surface area (Å²) in [5.41, 5.74) is 0.504. The summed E-state index contributed by atoms with van der Waals surface area (Å²) < 4.78 is 19.9. The largest absolute Gasteiger partial charge is 0.468 e. The molecule has 0 bridgehead atoms. The van der Waals surface area contributed by atoms with Crippen LogP contribution < -0.4 is 4.74 Å². The molecule has 0 aliphatic carbocycles. The van der Waals surface area contributed by atoms with Crippen LogP contribution in [0.15, 0.2) is 34.7 Å². The molecule has 0 fully saturated rings. The lowest BCUT2D eigenvalue weighted by Crippen LogP contribution is -2.11. The minimum atomic E-state index is -0.738. The molecule has 2 aromatic rings. The third-order valence-electron chi connectivity index (χ3n) is 2.88. The van der Waals surface area contributed by atoms with E-state index in [9.17, 15) is 9.59 Å². The third-order valence-corrected chi connectivity index (χ3v) is 2.88. The summed E-state index contributed by atoms with van der Waals surface area (Å²) in [6, 6.07) is 8.87. The molecular weight excluding hydrogens is 276 g/mol. The minimum absolute atomic E-state index is 0.0209. The van der Waals surface area contributed by atoms with Crippen LogP contribution in [0, 0.1) is 0 Å². The SMILES string of the molecule is COC(=O)c1c(OC)oc(-c2ccccc2)c1C(=O)OC. The lowest BCUT2D eigenvalue weighted by molar-refractivity contribution is 0.0554. The highest BCUT2D eigenvalue weighted by Gasteiger charge is 2.33. The van der Waals surface area contributed by atoms with Crippen molar-refractivity contribution in [1.29, 1.82) is 0 Å². The predicted octanol–water partition coefficient (Wildman–Crippen LogP) is 2.53. The van der Waals surface area contributed by atoms with Gasteiger partial charge < -0.3 is 18.6 Å². The molecule has 2 rings (SSSR count). The highest BCUT2D eigenvalue weighted by molar-refractivity contribution is 6.08. The average Bonchev–Trinajstić information content (AvgIpc) is 2.93. The second-order valence-electron chi connectivity index (χ2n) is 4.02. The summed E-state index contributed by atoms with van der Waals surface area (Å²) >= 11 is 0. The summed E-state index contributed by atoms with van der Waals surface area (Å²) in [5, 5.41) is 0. The second kappa shape index (κ2) is 6.13. The van der Waals surface area contributed by atoms with Crippen molar-refractivity contribution in [2.24, 2.45) is 0 Å². The maximum atomic E-state index is 12.0. The first-order chi connectivity index (χ1) is 10.1. The fourth-order valence-electron chi connectivity index (χ4n) is 1.93. The minimum Gasteiger partial charge on any atom is -0.468 e. The summed E-state index contributed by atoms with van der Waals surface area (Å²) in [6.45, 7) is 0. The monoisotopic (exact) mass is 290 g/mol. The van der Waals surface area contributed by atoms with Crippen molar-refractivity contribution in [3.63, 3.8) is 0 Å². The van der Waals surface area contributed by atoms with Crippen LogP contribution in [0.25, 0.3) is 11.3 Å². The van der Waals surface area contributed by atoms with Crippen LogP contribution in [0.1, 0.15) is 20.7 Å². The maximum Gasteiger partial charge on any atom is 0.346 e. The maximum absolute atomic E-state index is 12.0. The van der Waals surface area contributed by atoms with Gasteiger partial charge in [0.15, 0.2) is 11.3 Å². The van der Waals surface area contributed by atoms with Crippen LogP contribution in [-0.2, 0) is 9.47 Å². The Morgan fingerprint density at radius 1 is 0.905 bits per heavy atom. The van der Waals surface area contributed by atoms with Crippen molar-refractivity contribution in [3.05, 3.63) is 41.5 Å². The van der Waals surface area contributed by atoms with E-state index in [0.717, 1.165) is 0 Å². The molecule has 0 atom stereocenters. The Labute approximate surface area is 121 Å². The molecule has 0 unspecified atom stereocenters. The van der Waals surface area contributed by atoms with E-state index in [1.165, 1.54) is 21.3 Å². The summed E-state index contributed by atoms with van der Waals surface area (Å²) in [4.78, 5) is 23.9. The molecule has 0 aliphatic heterocycles. The molecule has 0 amide bonds. The molecule has 0 spiro atoms. The number of ether oxygens (including phenoxy) is 3. The molecule has 21 heavy (non-hydrogen) atoms. The number of esters is 2. The van der Waals surface area contributed by atoms with E-state index in [1.807, 2.05) is 6.07 Å². The molecule has 0 N–H and O–H groups in total. The van der Waals surface area contributed by atoms with Gasteiger partial charge in [-0.3, -0.25) is 0 Å². The molecule has 6 nitrogen and oxygen atoms in total. The van der Waals surface area contributed by atoms with Gasteiger partial charge in [0.05, 0.1) is 21.3 Å². The molecule has 0 radical (unpaired) electrons. The Morgan fingerprint density at radius 2 is 1.48 bits per heavy atom. The number of rotatable bonds is 4. The van der Waals surface area contributed by atoms with Gasteiger partial charge >= 0.3 is 17.9 Å². The average molecular weight is 290 g/mol. The van der Waals surface area contributed by atoms with Gasteiger partial charge in [0.2, 0.25) is 0 Å². The van der Waals surface area contributed by atoms with Crippen molar-refractivity contribution >= 4 is 11.9 Å². The molecule has 1 heterocycles. The van der Waals surface area contributed by atoms with Crippen LogP contribution >= 0.6 is 0 Å². The standard InChI is InChI=1S/C15H14O6/c1-18-13(16)10-11(14(17)19-2)15(20-3)21-12(10)9-7-5-4-6-8-9/h4-8H,1-3H3. The Kier molecular flexibility index (Phi) is 4.27. The van der Waals surface area contributed by atoms with Gasteiger partial charge in [-0.15, -0.1) is 0 Å². The van der Waals surface area contributed by atoms with Crippen LogP contribution in [0.5, 0.6) is 5.95 Å². The van der Waals surface area contributed by atoms with Crippen LogP contribution in [0.2, 0.25) is 0 Å². The van der Waals surface area contributed by atoms with E-state index in [0.29, 0.717) is 5.56 Å². The highest BCUT2D eigenvalue weighted by atomic mass is 16.6. The van der Waals surface area contributed by atoms with E-state index < -0.39 is 11.9 Å². The molecule has 110 valence electrons. The van der Waals surface area contributed by atoms with E-state index in [2.05, 4.69) is 4.74 Å². The first-order valence-corrected chi connectivity index (χ1v) is 6.06. The smallest absolute Gasteiger partial charge is 0.346 e. The number of hydrogen-bond acceptors (Lipinski definition) is 6. The van der Waals surface area contributed by atoms with Crippen molar-refractivity contribution in [3.8, 4) is 17.3 Å². The Balaban J connectivity index is 2.73. The van der Waals surface area contributed by atoms with Gasteiger partial charge in [0.1, 0.15) is 5.56 Å². The number of benzene rings is 1. The van der Waals surface area contributed by atoms with Crippen LogP contribution in [0.3, 0.4) is 0 Å². The first kappa shape index (κ1) is 14.6. The highest BCUT2D eigenvalue weighted by Crippen LogP contribution is 2.37. The second-order valence-corrected chi connectivity index (χ2v) is 4.02. The van der Waals surface area contributed by atoms with Crippen molar-refractivity contribution in [1.82, 2.24) is 0 Å². The van der Waals surface area contributed by atoms with Gasteiger partial charge in [-0.2, -0.15) is 0 Å². The number of methoxy groups -OCH3 is 3. The lowest BCUT2D eigenvalue weighted by Gasteiger charge is -2.03. The van der Waals surface area contributed by atoms with Gasteiger partial charge in [-0.1, -0.05) is 30.3 Å². The normalized spacial score (nSPS) is 10.0. The summed E-state index contributed by atoms with van der Waals surface area (Å²) in [7, 11) is 3.76. The predicted molar refractivity (Wildman–Crippen MR) is 73.4 cm³/mol. The molecular formula is C15H14O6. The fourth-order valence-corrected chi connectivity index (χ4v) is 1.93. The van der Waals surface area contributed by atoms with E-state index in [-0.39, 0.29) is 22.8 Å². The molecule has 0 aliphatic rings. The molecule has 1 aromatic heterocycles. The Morgan fingerprint density at radius 3 is 2.00 bits per heavy atom. The van der Waals surface area contributed by atoms with E-state index >= 15 is 0 Å². The van der Waals surface area contributed by atoms with E-state index in [1.54, 1.807) is 24.3 Å². The quantitative estimate of drug-likeness (QED) is 0.805. The number of furan rings is 1. The van der Waals surface area contributed by atoms with Crippen molar-refractivity contribution < 1.29 is 28.2 Å². The molecule has 6 heteroatoms. The van der Waals surface area contributed by atoms with Crippen molar-refractivity contribution in [2.75, 3.05) is 21.3 Å². The van der Waals surface area contributed by atoms with Crippen LogP contribution in [0.4, 0.5) is 0 Å². The number of hydrogen-bond donors (Lipinski definition) is 0. The fraction of sp³-hybridized carbons (Fsp3) is 0.200. The zero-order valence-electron chi connectivity index (χ0n) is 11.8. The summed E-state index contributed by atoms with van der Waals surface area (Å²) in [6.07, 6.45) is 0. The van der Waals surface area contributed by atoms with Crippen molar-refractivity contribution in [2.45, 2.75) is 0 Å². The Hall–Kier alpha value is -2.76. The van der Waals surface area contributed by atoms with E-state index in [4.69, 9.17) is 13.9 Å². The van der Waals surface area contributed by atoms with Gasteiger partial charge in [0.25, 0.3) is 0 Å². The van der Waals surface area contributed by atoms with Gasteiger partial charge in [-0.05, 0) is 0 Å². The van der Waals surface area contributed by atoms with Gasteiger partial charge in [0, 0.05) is 5.56 Å². The molecule has 0 saturated carbocycles. The topological polar surface area (TPSA) is 75.0 Å². The first-order valence-electron chi connectivity index (χ1n) is 6.06. The van der Waals surface area contributed by atoms with Gasteiger partial charge in [-0.25, -0.2) is 9.59 Å².